The van der Waals surface area contributed by atoms with Crippen molar-refractivity contribution < 1.29 is 0 Å². The standard InChI is InChI=1S/C6H7N.C6H9N.2C2H6/c1-6-3-2-4-7-5-6;1-4-5-6(2)7-3;2*1-2/h2-5H,1H3;4-5H,1,3H2,2H3;2*1-2H3/b;6-5-;;. The highest BCUT2D eigenvalue weighted by atomic mass is 14.7. The third-order valence-electron chi connectivity index (χ3n) is 1.42. The van der Waals surface area contributed by atoms with Crippen LogP contribution < -0.4 is 0 Å². The van der Waals surface area contributed by atoms with E-state index in [0.717, 1.165) is 5.70 Å². The Morgan fingerprint density at radius 3 is 2.00 bits per heavy atom. The highest BCUT2D eigenvalue weighted by molar-refractivity contribution is 5.29. The first-order valence-corrected chi connectivity index (χ1v) is 6.33. The van der Waals surface area contributed by atoms with E-state index < -0.39 is 0 Å². The summed E-state index contributed by atoms with van der Waals surface area (Å²) >= 11 is 0. The molecule has 0 aliphatic rings. The number of aryl methyl sites for hydroxylation is 1. The van der Waals surface area contributed by atoms with Gasteiger partial charge in [0.25, 0.3) is 0 Å². The van der Waals surface area contributed by atoms with Crippen LogP contribution in [0.1, 0.15) is 40.2 Å². The minimum absolute atomic E-state index is 0.898. The van der Waals surface area contributed by atoms with E-state index in [-0.39, 0.29) is 0 Å². The van der Waals surface area contributed by atoms with Gasteiger partial charge in [0.2, 0.25) is 0 Å². The van der Waals surface area contributed by atoms with Gasteiger partial charge in [-0.15, -0.1) is 0 Å². The Morgan fingerprint density at radius 2 is 1.83 bits per heavy atom. The fourth-order valence-corrected chi connectivity index (χ4v) is 0.671. The first kappa shape index (κ1) is 21.6. The molecule has 1 heterocycles. The van der Waals surface area contributed by atoms with E-state index in [0.29, 0.717) is 0 Å². The van der Waals surface area contributed by atoms with E-state index in [9.17, 15) is 0 Å². The lowest BCUT2D eigenvalue weighted by atomic mass is 10.3. The maximum Gasteiger partial charge on any atom is 0.0365 e. The second kappa shape index (κ2) is 20.7. The summed E-state index contributed by atoms with van der Waals surface area (Å²) in [7, 11) is 0. The zero-order valence-corrected chi connectivity index (χ0v) is 12.8. The normalized spacial score (nSPS) is 8.22. The Hall–Kier alpha value is -1.70. The lowest BCUT2D eigenvalue weighted by molar-refractivity contribution is 1.27. The number of hydrogen-bond acceptors (Lipinski definition) is 2. The number of pyridine rings is 1. The van der Waals surface area contributed by atoms with Gasteiger partial charge in [-0.2, -0.15) is 0 Å². The molecule has 0 aliphatic carbocycles. The predicted octanol–water partition coefficient (Wildman–Crippen LogP) is 5.22. The van der Waals surface area contributed by atoms with Crippen LogP contribution in [0.15, 0.2) is 53.9 Å². The number of aromatic nitrogens is 1. The molecule has 0 fully saturated rings. The molecule has 1 rings (SSSR count). The molecule has 18 heavy (non-hydrogen) atoms. The Balaban J connectivity index is -0.000000196. The lowest BCUT2D eigenvalue weighted by Gasteiger charge is -1.82. The van der Waals surface area contributed by atoms with Gasteiger partial charge in [-0.05, 0) is 38.3 Å². The van der Waals surface area contributed by atoms with Gasteiger partial charge in [0, 0.05) is 18.1 Å². The lowest BCUT2D eigenvalue weighted by Crippen LogP contribution is -1.69. The van der Waals surface area contributed by atoms with Gasteiger partial charge in [-0.3, -0.25) is 9.98 Å². The van der Waals surface area contributed by atoms with Crippen molar-refractivity contribution >= 4 is 6.72 Å². The Bertz CT molecular complexity index is 300. The van der Waals surface area contributed by atoms with Gasteiger partial charge < -0.3 is 0 Å². The molecule has 1 aromatic rings. The van der Waals surface area contributed by atoms with Crippen LogP contribution in [0.5, 0.6) is 0 Å². The fourth-order valence-electron chi connectivity index (χ4n) is 0.671. The number of rotatable bonds is 2. The minimum atomic E-state index is 0.898. The molecular formula is C16H28N2. The van der Waals surface area contributed by atoms with E-state index in [4.69, 9.17) is 0 Å². The van der Waals surface area contributed by atoms with Crippen molar-refractivity contribution in [3.63, 3.8) is 0 Å². The van der Waals surface area contributed by atoms with E-state index in [1.807, 2.05) is 59.9 Å². The highest BCUT2D eigenvalue weighted by Gasteiger charge is 1.73. The van der Waals surface area contributed by atoms with Gasteiger partial charge >= 0.3 is 0 Å². The smallest absolute Gasteiger partial charge is 0.0365 e. The van der Waals surface area contributed by atoms with E-state index in [1.165, 1.54) is 5.56 Å². The molecule has 0 bridgehead atoms. The highest BCUT2D eigenvalue weighted by Crippen LogP contribution is 1.89. The van der Waals surface area contributed by atoms with Crippen LogP contribution in [0.2, 0.25) is 0 Å². The summed E-state index contributed by atoms with van der Waals surface area (Å²) in [5.74, 6) is 0. The first-order chi connectivity index (χ1) is 8.70. The van der Waals surface area contributed by atoms with Crippen LogP contribution in [0, 0.1) is 6.92 Å². The second-order valence-corrected chi connectivity index (χ2v) is 2.73. The second-order valence-electron chi connectivity index (χ2n) is 2.73. The van der Waals surface area contributed by atoms with Crippen LogP contribution >= 0.6 is 0 Å². The monoisotopic (exact) mass is 248 g/mol. The van der Waals surface area contributed by atoms with Gasteiger partial charge in [-0.1, -0.05) is 46.4 Å². The zero-order chi connectivity index (χ0) is 14.8. The molecule has 0 N–H and O–H groups in total. The minimum Gasteiger partial charge on any atom is -0.269 e. The molecule has 0 saturated heterocycles. The average molecular weight is 248 g/mol. The molecule has 2 heteroatoms. The Kier molecular flexibility index (Phi) is 24.8. The average Bonchev–Trinajstić information content (AvgIpc) is 2.45. The third-order valence-corrected chi connectivity index (χ3v) is 1.42. The van der Waals surface area contributed by atoms with Crippen molar-refractivity contribution in [2.75, 3.05) is 0 Å². The van der Waals surface area contributed by atoms with Gasteiger partial charge in [0.05, 0.1) is 0 Å². The summed E-state index contributed by atoms with van der Waals surface area (Å²) < 4.78 is 0. The quantitative estimate of drug-likeness (QED) is 0.520. The van der Waals surface area contributed by atoms with Crippen LogP contribution in [0.4, 0.5) is 0 Å². The van der Waals surface area contributed by atoms with E-state index in [2.05, 4.69) is 23.3 Å². The molecular weight excluding hydrogens is 220 g/mol. The van der Waals surface area contributed by atoms with Crippen molar-refractivity contribution in [2.45, 2.75) is 41.5 Å². The topological polar surface area (TPSA) is 25.2 Å². The van der Waals surface area contributed by atoms with Crippen LogP contribution in [0.3, 0.4) is 0 Å². The maximum atomic E-state index is 3.88. The molecule has 0 radical (unpaired) electrons. The Morgan fingerprint density at radius 1 is 1.28 bits per heavy atom. The first-order valence-electron chi connectivity index (χ1n) is 6.33. The molecule has 1 aromatic heterocycles. The summed E-state index contributed by atoms with van der Waals surface area (Å²) in [6.45, 7) is 18.7. The fraction of sp³-hybridized carbons (Fsp3) is 0.375. The van der Waals surface area contributed by atoms with Crippen molar-refractivity contribution in [3.05, 3.63) is 54.5 Å². The predicted molar refractivity (Wildman–Crippen MR) is 85.2 cm³/mol. The van der Waals surface area contributed by atoms with Crippen LogP contribution in [-0.4, -0.2) is 11.7 Å². The van der Waals surface area contributed by atoms with E-state index >= 15 is 0 Å². The summed E-state index contributed by atoms with van der Waals surface area (Å²) in [5.41, 5.74) is 2.11. The molecule has 0 spiro atoms. The summed E-state index contributed by atoms with van der Waals surface area (Å²) in [4.78, 5) is 7.50. The SMILES string of the molecule is C=C/C=C(/C)N=C.CC.CC.Cc1cccnc1. The summed E-state index contributed by atoms with van der Waals surface area (Å²) in [5, 5.41) is 0. The summed E-state index contributed by atoms with van der Waals surface area (Å²) in [6.07, 6.45) is 7.09. The third kappa shape index (κ3) is 19.8. The van der Waals surface area contributed by atoms with Crippen LogP contribution in [0.25, 0.3) is 0 Å². The molecule has 0 saturated carbocycles. The molecule has 2 nitrogen and oxygen atoms in total. The molecule has 0 amide bonds. The number of nitrogens with zero attached hydrogens (tertiary/aromatic N) is 2. The molecule has 0 atom stereocenters. The molecule has 102 valence electrons. The number of allylic oxidation sites excluding steroid dienone is 3. The summed E-state index contributed by atoms with van der Waals surface area (Å²) in [6, 6.07) is 3.95. The van der Waals surface area contributed by atoms with Crippen molar-refractivity contribution in [1.82, 2.24) is 4.98 Å². The van der Waals surface area contributed by atoms with Crippen LogP contribution in [-0.2, 0) is 0 Å². The maximum absolute atomic E-state index is 3.88. The van der Waals surface area contributed by atoms with Crippen molar-refractivity contribution in [1.29, 1.82) is 0 Å². The zero-order valence-electron chi connectivity index (χ0n) is 12.8. The van der Waals surface area contributed by atoms with Crippen molar-refractivity contribution in [3.8, 4) is 0 Å². The Labute approximate surface area is 113 Å². The largest absolute Gasteiger partial charge is 0.269 e. The van der Waals surface area contributed by atoms with E-state index in [1.54, 1.807) is 18.3 Å². The van der Waals surface area contributed by atoms with Gasteiger partial charge in [-0.25, -0.2) is 0 Å². The van der Waals surface area contributed by atoms with Crippen molar-refractivity contribution in [2.24, 2.45) is 4.99 Å². The molecule has 0 unspecified atom stereocenters. The molecule has 0 aliphatic heterocycles. The number of aliphatic imine (C=N–C) groups is 1. The van der Waals surface area contributed by atoms with Gasteiger partial charge in [0.1, 0.15) is 0 Å². The van der Waals surface area contributed by atoms with Gasteiger partial charge in [0.15, 0.2) is 0 Å². The number of hydrogen-bond donors (Lipinski definition) is 0. The molecule has 0 aromatic carbocycles.